The minimum Gasteiger partial charge on any atom is -0.481 e. The molecular formula is C15H20O3. The largest absolute Gasteiger partial charge is 0.481 e. The van der Waals surface area contributed by atoms with Gasteiger partial charge in [-0.25, -0.2) is 0 Å². The van der Waals surface area contributed by atoms with Gasteiger partial charge in [0.25, 0.3) is 0 Å². The summed E-state index contributed by atoms with van der Waals surface area (Å²) >= 11 is 0. The Labute approximate surface area is 108 Å². The monoisotopic (exact) mass is 248 g/mol. The first-order chi connectivity index (χ1) is 8.21. The highest BCUT2D eigenvalue weighted by Crippen LogP contribution is 2.24. The fourth-order valence-electron chi connectivity index (χ4n) is 1.80. The third kappa shape index (κ3) is 3.69. The van der Waals surface area contributed by atoms with Gasteiger partial charge in [-0.15, -0.1) is 0 Å². The second-order valence-electron chi connectivity index (χ2n) is 5.60. The van der Waals surface area contributed by atoms with E-state index in [-0.39, 0.29) is 24.0 Å². The van der Waals surface area contributed by atoms with Crippen molar-refractivity contribution in [1.82, 2.24) is 0 Å². The zero-order chi connectivity index (χ0) is 13.9. The summed E-state index contributed by atoms with van der Waals surface area (Å²) in [6.45, 7) is 8.25. The van der Waals surface area contributed by atoms with Crippen LogP contribution in [0.15, 0.2) is 18.2 Å². The summed E-state index contributed by atoms with van der Waals surface area (Å²) in [5.41, 5.74) is 2.77. The summed E-state index contributed by atoms with van der Waals surface area (Å²) in [4.78, 5) is 22.3. The number of hydrogen-bond acceptors (Lipinski definition) is 2. The van der Waals surface area contributed by atoms with Gasteiger partial charge in [-0.05, 0) is 23.5 Å². The van der Waals surface area contributed by atoms with Crippen LogP contribution in [0.5, 0.6) is 0 Å². The van der Waals surface area contributed by atoms with Gasteiger partial charge >= 0.3 is 5.97 Å². The summed E-state index contributed by atoms with van der Waals surface area (Å²) in [7, 11) is 0. The van der Waals surface area contributed by atoms with E-state index in [0.29, 0.717) is 5.56 Å². The Morgan fingerprint density at radius 3 is 2.22 bits per heavy atom. The highest BCUT2D eigenvalue weighted by molar-refractivity contribution is 5.98. The van der Waals surface area contributed by atoms with Gasteiger partial charge in [-0.1, -0.05) is 39.0 Å². The Morgan fingerprint density at radius 1 is 1.17 bits per heavy atom. The van der Waals surface area contributed by atoms with Crippen LogP contribution in [0.1, 0.15) is 55.1 Å². The molecule has 1 aromatic rings. The Morgan fingerprint density at radius 2 is 1.78 bits per heavy atom. The Kier molecular flexibility index (Phi) is 4.28. The van der Waals surface area contributed by atoms with E-state index in [1.807, 2.05) is 19.1 Å². The third-order valence-corrected chi connectivity index (χ3v) is 2.96. The maximum atomic E-state index is 11.9. The van der Waals surface area contributed by atoms with Crippen LogP contribution < -0.4 is 0 Å². The Balaban J connectivity index is 2.92. The highest BCUT2D eigenvalue weighted by Gasteiger charge is 2.16. The Hall–Kier alpha value is -1.64. The van der Waals surface area contributed by atoms with Gasteiger partial charge in [0.1, 0.15) is 0 Å². The van der Waals surface area contributed by atoms with E-state index in [1.54, 1.807) is 6.07 Å². The van der Waals surface area contributed by atoms with Crippen molar-refractivity contribution in [1.29, 1.82) is 0 Å². The standard InChI is InChI=1S/C15H20O3/c1-10-9-11(15(2,3)4)5-6-12(10)13(16)7-8-14(17)18/h5-6,9H,7-8H2,1-4H3,(H,17,18). The lowest BCUT2D eigenvalue weighted by molar-refractivity contribution is -0.136. The van der Waals surface area contributed by atoms with Crippen molar-refractivity contribution in [3.05, 3.63) is 34.9 Å². The number of Topliss-reactive ketones (excluding diaryl/α,β-unsaturated/α-hetero) is 1. The van der Waals surface area contributed by atoms with Crippen molar-refractivity contribution in [2.45, 2.75) is 46.0 Å². The van der Waals surface area contributed by atoms with E-state index >= 15 is 0 Å². The average Bonchev–Trinajstić information content (AvgIpc) is 2.24. The molecule has 1 aromatic carbocycles. The molecule has 0 heterocycles. The van der Waals surface area contributed by atoms with E-state index in [2.05, 4.69) is 20.8 Å². The molecule has 0 fully saturated rings. The normalized spacial score (nSPS) is 11.3. The summed E-state index contributed by atoms with van der Waals surface area (Å²) in [6.07, 6.45) is -0.0513. The van der Waals surface area contributed by atoms with Gasteiger partial charge in [0.2, 0.25) is 0 Å². The first kappa shape index (κ1) is 14.4. The number of ketones is 1. The summed E-state index contributed by atoms with van der Waals surface area (Å²) < 4.78 is 0. The quantitative estimate of drug-likeness (QED) is 0.831. The summed E-state index contributed by atoms with van der Waals surface area (Å²) in [6, 6.07) is 5.76. The lowest BCUT2D eigenvalue weighted by Crippen LogP contribution is -2.13. The smallest absolute Gasteiger partial charge is 0.303 e. The van der Waals surface area contributed by atoms with Gasteiger partial charge in [0.05, 0.1) is 6.42 Å². The molecule has 0 spiro atoms. The number of aliphatic carboxylic acids is 1. The van der Waals surface area contributed by atoms with Gasteiger partial charge in [-0.3, -0.25) is 9.59 Å². The highest BCUT2D eigenvalue weighted by atomic mass is 16.4. The fourth-order valence-corrected chi connectivity index (χ4v) is 1.80. The molecule has 0 unspecified atom stereocenters. The molecule has 0 atom stereocenters. The summed E-state index contributed by atoms with van der Waals surface area (Å²) in [5.74, 6) is -1.04. The number of benzene rings is 1. The minimum atomic E-state index is -0.938. The van der Waals surface area contributed by atoms with E-state index < -0.39 is 5.97 Å². The molecule has 0 saturated heterocycles. The first-order valence-electron chi connectivity index (χ1n) is 6.08. The molecule has 0 saturated carbocycles. The second kappa shape index (κ2) is 5.34. The number of carboxylic acids is 1. The van der Waals surface area contributed by atoms with E-state index in [1.165, 1.54) is 5.56 Å². The molecule has 0 radical (unpaired) electrons. The predicted octanol–water partition coefficient (Wildman–Crippen LogP) is 3.34. The van der Waals surface area contributed by atoms with Gasteiger partial charge in [0.15, 0.2) is 5.78 Å². The third-order valence-electron chi connectivity index (χ3n) is 2.96. The van der Waals surface area contributed by atoms with Crippen molar-refractivity contribution >= 4 is 11.8 Å². The maximum Gasteiger partial charge on any atom is 0.303 e. The molecule has 3 heteroatoms. The molecule has 1 rings (SSSR count). The summed E-state index contributed by atoms with van der Waals surface area (Å²) in [5, 5.41) is 8.58. The molecule has 1 N–H and O–H groups in total. The average molecular weight is 248 g/mol. The lowest BCUT2D eigenvalue weighted by Gasteiger charge is -2.20. The number of rotatable bonds is 4. The SMILES string of the molecule is Cc1cc(C(C)(C)C)ccc1C(=O)CCC(=O)O. The van der Waals surface area contributed by atoms with Crippen LogP contribution in [0.3, 0.4) is 0 Å². The van der Waals surface area contributed by atoms with Gasteiger partial charge < -0.3 is 5.11 Å². The van der Waals surface area contributed by atoms with Crippen LogP contribution in [0.25, 0.3) is 0 Å². The van der Waals surface area contributed by atoms with Crippen molar-refractivity contribution in [2.75, 3.05) is 0 Å². The molecule has 0 amide bonds. The number of carbonyl (C=O) groups excluding carboxylic acids is 1. The molecule has 0 aliphatic rings. The minimum absolute atomic E-state index is 0.0490. The zero-order valence-corrected chi connectivity index (χ0v) is 11.4. The van der Waals surface area contributed by atoms with Crippen molar-refractivity contribution < 1.29 is 14.7 Å². The van der Waals surface area contributed by atoms with Crippen molar-refractivity contribution in [3.63, 3.8) is 0 Å². The van der Waals surface area contributed by atoms with Crippen LogP contribution in [-0.2, 0) is 10.2 Å². The van der Waals surface area contributed by atoms with Crippen molar-refractivity contribution in [2.24, 2.45) is 0 Å². The predicted molar refractivity (Wildman–Crippen MR) is 71.1 cm³/mol. The first-order valence-corrected chi connectivity index (χ1v) is 6.08. The van der Waals surface area contributed by atoms with E-state index in [9.17, 15) is 9.59 Å². The number of aryl methyl sites for hydroxylation is 1. The van der Waals surface area contributed by atoms with Gasteiger partial charge in [0, 0.05) is 12.0 Å². The maximum absolute atomic E-state index is 11.9. The molecule has 18 heavy (non-hydrogen) atoms. The number of carbonyl (C=O) groups is 2. The van der Waals surface area contributed by atoms with Crippen LogP contribution in [0.2, 0.25) is 0 Å². The van der Waals surface area contributed by atoms with E-state index in [4.69, 9.17) is 5.11 Å². The topological polar surface area (TPSA) is 54.4 Å². The van der Waals surface area contributed by atoms with Crippen LogP contribution in [-0.4, -0.2) is 16.9 Å². The molecule has 0 aromatic heterocycles. The number of carboxylic acid groups (broad SMARTS) is 1. The molecule has 0 aliphatic carbocycles. The second-order valence-corrected chi connectivity index (χ2v) is 5.60. The fraction of sp³-hybridized carbons (Fsp3) is 0.467. The Bertz CT molecular complexity index is 467. The van der Waals surface area contributed by atoms with Crippen LogP contribution in [0.4, 0.5) is 0 Å². The van der Waals surface area contributed by atoms with Crippen molar-refractivity contribution in [3.8, 4) is 0 Å². The zero-order valence-electron chi connectivity index (χ0n) is 11.4. The molecule has 3 nitrogen and oxygen atoms in total. The number of hydrogen-bond donors (Lipinski definition) is 1. The lowest BCUT2D eigenvalue weighted by atomic mass is 9.85. The molecular weight excluding hydrogens is 228 g/mol. The van der Waals surface area contributed by atoms with Crippen LogP contribution in [0, 0.1) is 6.92 Å². The van der Waals surface area contributed by atoms with E-state index in [0.717, 1.165) is 5.56 Å². The molecule has 0 bridgehead atoms. The molecule has 0 aliphatic heterocycles. The van der Waals surface area contributed by atoms with Gasteiger partial charge in [-0.2, -0.15) is 0 Å². The molecule has 98 valence electrons. The van der Waals surface area contributed by atoms with Crippen LogP contribution >= 0.6 is 0 Å².